The summed E-state index contributed by atoms with van der Waals surface area (Å²) in [6.07, 6.45) is 3.07. The van der Waals surface area contributed by atoms with Gasteiger partial charge < -0.3 is 4.57 Å². The van der Waals surface area contributed by atoms with E-state index in [9.17, 15) is 8.60 Å². The Morgan fingerprint density at radius 1 is 1.47 bits per heavy atom. The zero-order valence-electron chi connectivity index (χ0n) is 10.7. The summed E-state index contributed by atoms with van der Waals surface area (Å²) in [6.45, 7) is 0.686. The lowest BCUT2D eigenvalue weighted by atomic mass is 10.3. The van der Waals surface area contributed by atoms with Crippen LogP contribution in [-0.4, -0.2) is 31.6 Å². The summed E-state index contributed by atoms with van der Waals surface area (Å²) in [5.74, 6) is 1.56. The highest BCUT2D eigenvalue weighted by atomic mass is 35.5. The molecule has 2 aromatic rings. The summed E-state index contributed by atoms with van der Waals surface area (Å²) >= 11 is 5.76. The van der Waals surface area contributed by atoms with Crippen molar-refractivity contribution in [3.05, 3.63) is 29.8 Å². The second-order valence-corrected chi connectivity index (χ2v) is 6.29. The molecule has 0 aliphatic rings. The second kappa shape index (κ2) is 6.48. The molecule has 19 heavy (non-hydrogen) atoms. The first-order valence-electron chi connectivity index (χ1n) is 6.13. The van der Waals surface area contributed by atoms with Crippen LogP contribution in [0.2, 0.25) is 0 Å². The minimum atomic E-state index is -0.809. The highest BCUT2D eigenvalue weighted by Crippen LogP contribution is 2.20. The molecule has 1 heterocycles. The molecule has 1 unspecified atom stereocenters. The van der Waals surface area contributed by atoms with E-state index in [2.05, 4.69) is 4.98 Å². The van der Waals surface area contributed by atoms with Gasteiger partial charge in [-0.1, -0.05) is 6.07 Å². The normalized spacial score (nSPS) is 13.0. The summed E-state index contributed by atoms with van der Waals surface area (Å²) in [5, 5.41) is 0. The van der Waals surface area contributed by atoms with Crippen molar-refractivity contribution in [2.75, 3.05) is 17.9 Å². The number of halogens is 2. The average molecular weight is 303 g/mol. The number of rotatable bonds is 6. The number of benzene rings is 1. The van der Waals surface area contributed by atoms with E-state index in [0.717, 1.165) is 17.8 Å². The molecule has 1 aromatic heterocycles. The average Bonchev–Trinajstić information content (AvgIpc) is 2.70. The van der Waals surface area contributed by atoms with Crippen LogP contribution in [0.1, 0.15) is 12.2 Å². The molecule has 0 aliphatic heterocycles. The first kappa shape index (κ1) is 14.5. The van der Waals surface area contributed by atoms with Crippen LogP contribution < -0.4 is 0 Å². The predicted molar refractivity (Wildman–Crippen MR) is 77.7 cm³/mol. The molecule has 0 fully saturated rings. The van der Waals surface area contributed by atoms with Gasteiger partial charge in [0.2, 0.25) is 0 Å². The Bertz CT molecular complexity index is 600. The van der Waals surface area contributed by atoms with Crippen molar-refractivity contribution < 1.29 is 8.60 Å². The number of hydrogen-bond acceptors (Lipinski definition) is 2. The van der Waals surface area contributed by atoms with Crippen molar-refractivity contribution in [3.63, 3.8) is 0 Å². The molecule has 0 N–H and O–H groups in total. The van der Waals surface area contributed by atoms with E-state index in [1.807, 2.05) is 10.6 Å². The Balaban J connectivity index is 2.35. The molecule has 1 aromatic carbocycles. The van der Waals surface area contributed by atoms with Crippen LogP contribution >= 0.6 is 11.6 Å². The Hall–Kier alpha value is -0.940. The Labute approximate surface area is 119 Å². The third-order valence-corrected chi connectivity index (χ3v) is 3.99. The van der Waals surface area contributed by atoms with Gasteiger partial charge in [0.15, 0.2) is 5.82 Å². The zero-order chi connectivity index (χ0) is 13.8. The minimum absolute atomic E-state index is 0.314. The van der Waals surface area contributed by atoms with Crippen LogP contribution in [0, 0.1) is 5.82 Å². The van der Waals surface area contributed by atoms with E-state index in [1.54, 1.807) is 12.3 Å². The van der Waals surface area contributed by atoms with Crippen molar-refractivity contribution in [1.82, 2.24) is 9.55 Å². The van der Waals surface area contributed by atoms with E-state index in [-0.39, 0.29) is 5.82 Å². The van der Waals surface area contributed by atoms with Gasteiger partial charge in [-0.05, 0) is 18.6 Å². The molecule has 0 radical (unpaired) electrons. The monoisotopic (exact) mass is 302 g/mol. The lowest BCUT2D eigenvalue weighted by Crippen LogP contribution is -2.07. The first-order valence-corrected chi connectivity index (χ1v) is 8.39. The fourth-order valence-corrected chi connectivity index (χ4v) is 2.82. The molecular weight excluding hydrogens is 287 g/mol. The number of aromatic nitrogens is 2. The number of hydrogen-bond donors (Lipinski definition) is 0. The molecule has 0 amide bonds. The molecular formula is C13H16ClFN2OS. The standard InChI is InChI=1S/C13H16ClFN2OS/c1-19(18)9-3-8-17-11-5-2-4-10(15)13(11)16-12(17)6-7-14/h2,4-5H,3,6-9H2,1H3. The lowest BCUT2D eigenvalue weighted by Gasteiger charge is -2.07. The maximum absolute atomic E-state index is 13.7. The van der Waals surface area contributed by atoms with Crippen LogP contribution in [0.5, 0.6) is 0 Å². The Morgan fingerprint density at radius 3 is 2.95 bits per heavy atom. The van der Waals surface area contributed by atoms with Gasteiger partial charge in [-0.3, -0.25) is 4.21 Å². The van der Waals surface area contributed by atoms with E-state index in [4.69, 9.17) is 11.6 Å². The highest BCUT2D eigenvalue weighted by Gasteiger charge is 2.13. The van der Waals surface area contributed by atoms with Gasteiger partial charge in [0, 0.05) is 41.7 Å². The van der Waals surface area contributed by atoms with Crippen molar-refractivity contribution in [2.45, 2.75) is 19.4 Å². The molecule has 1 atom stereocenters. The largest absolute Gasteiger partial charge is 0.328 e. The SMILES string of the molecule is CS(=O)CCCn1c(CCCl)nc2c(F)cccc21. The summed E-state index contributed by atoms with van der Waals surface area (Å²) in [4.78, 5) is 4.33. The van der Waals surface area contributed by atoms with Crippen molar-refractivity contribution in [1.29, 1.82) is 0 Å². The molecule has 2 rings (SSSR count). The smallest absolute Gasteiger partial charge is 0.151 e. The quantitative estimate of drug-likeness (QED) is 0.769. The summed E-state index contributed by atoms with van der Waals surface area (Å²) in [7, 11) is -0.809. The molecule has 6 heteroatoms. The number of imidazole rings is 1. The van der Waals surface area contributed by atoms with Crippen molar-refractivity contribution >= 4 is 33.4 Å². The third-order valence-electron chi connectivity index (χ3n) is 2.94. The number of nitrogens with zero attached hydrogens (tertiary/aromatic N) is 2. The molecule has 0 bridgehead atoms. The predicted octanol–water partition coefficient (Wildman–Crippen LogP) is 2.73. The van der Waals surface area contributed by atoms with Gasteiger partial charge in [-0.15, -0.1) is 11.6 Å². The fourth-order valence-electron chi connectivity index (χ4n) is 2.11. The maximum atomic E-state index is 13.7. The van der Waals surface area contributed by atoms with E-state index in [1.165, 1.54) is 6.07 Å². The molecule has 0 spiro atoms. The topological polar surface area (TPSA) is 34.9 Å². The van der Waals surface area contributed by atoms with Crippen LogP contribution in [0.25, 0.3) is 11.0 Å². The fraction of sp³-hybridized carbons (Fsp3) is 0.462. The molecule has 0 aliphatic carbocycles. The molecule has 104 valence electrons. The number of alkyl halides is 1. The number of para-hydroxylation sites is 1. The first-order chi connectivity index (χ1) is 9.13. The van der Waals surface area contributed by atoms with Gasteiger partial charge in [-0.25, -0.2) is 9.37 Å². The summed E-state index contributed by atoms with van der Waals surface area (Å²) < 4.78 is 26.8. The van der Waals surface area contributed by atoms with Crippen LogP contribution in [0.15, 0.2) is 18.2 Å². The Kier molecular flexibility index (Phi) is 4.93. The van der Waals surface area contributed by atoms with Crippen LogP contribution in [-0.2, 0) is 23.8 Å². The second-order valence-electron chi connectivity index (χ2n) is 4.36. The van der Waals surface area contributed by atoms with Crippen LogP contribution in [0.3, 0.4) is 0 Å². The van der Waals surface area contributed by atoms with Gasteiger partial charge in [0.1, 0.15) is 11.3 Å². The van der Waals surface area contributed by atoms with Gasteiger partial charge in [-0.2, -0.15) is 0 Å². The lowest BCUT2D eigenvalue weighted by molar-refractivity contribution is 0.637. The molecule has 0 saturated carbocycles. The van der Waals surface area contributed by atoms with E-state index >= 15 is 0 Å². The van der Waals surface area contributed by atoms with Gasteiger partial charge >= 0.3 is 0 Å². The maximum Gasteiger partial charge on any atom is 0.151 e. The van der Waals surface area contributed by atoms with Crippen LogP contribution in [0.4, 0.5) is 4.39 Å². The van der Waals surface area contributed by atoms with Gasteiger partial charge in [0.25, 0.3) is 0 Å². The van der Waals surface area contributed by atoms with Crippen molar-refractivity contribution in [2.24, 2.45) is 0 Å². The minimum Gasteiger partial charge on any atom is -0.328 e. The highest BCUT2D eigenvalue weighted by molar-refractivity contribution is 7.84. The molecule has 0 saturated heterocycles. The van der Waals surface area contributed by atoms with Gasteiger partial charge in [0.05, 0.1) is 5.52 Å². The summed E-state index contributed by atoms with van der Waals surface area (Å²) in [6, 6.07) is 4.94. The van der Waals surface area contributed by atoms with E-state index in [0.29, 0.717) is 30.1 Å². The third kappa shape index (κ3) is 3.34. The Morgan fingerprint density at radius 2 is 2.26 bits per heavy atom. The van der Waals surface area contributed by atoms with E-state index < -0.39 is 10.8 Å². The summed E-state index contributed by atoms with van der Waals surface area (Å²) in [5.41, 5.74) is 1.17. The molecule has 3 nitrogen and oxygen atoms in total. The number of aryl methyl sites for hydroxylation is 2. The number of fused-ring (bicyclic) bond motifs is 1. The van der Waals surface area contributed by atoms with Crippen molar-refractivity contribution in [3.8, 4) is 0 Å². The zero-order valence-corrected chi connectivity index (χ0v) is 12.3.